The van der Waals surface area contributed by atoms with Gasteiger partial charge in [-0.15, -0.1) is 0 Å². The quantitative estimate of drug-likeness (QED) is 0.338. The molecule has 0 aliphatic heterocycles. The summed E-state index contributed by atoms with van der Waals surface area (Å²) < 4.78 is 1.70. The van der Waals surface area contributed by atoms with E-state index >= 15 is 0 Å². The number of amides is 2. The Hall–Kier alpha value is -2.39. The molecule has 7 nitrogen and oxygen atoms in total. The van der Waals surface area contributed by atoms with Crippen LogP contribution in [-0.4, -0.2) is 27.6 Å². The molecule has 0 atom stereocenters. The summed E-state index contributed by atoms with van der Waals surface area (Å²) in [4.78, 5) is 34.3. The lowest BCUT2D eigenvalue weighted by atomic mass is 10.1. The second-order valence-electron chi connectivity index (χ2n) is 4.73. The van der Waals surface area contributed by atoms with E-state index in [9.17, 15) is 19.7 Å². The van der Waals surface area contributed by atoms with Crippen LogP contribution in [0.25, 0.3) is 0 Å². The Kier molecular flexibility index (Phi) is 5.93. The van der Waals surface area contributed by atoms with Gasteiger partial charge in [-0.25, -0.2) is 4.79 Å². The number of nitro benzene ring substituents is 1. The van der Waals surface area contributed by atoms with E-state index in [1.54, 1.807) is 24.3 Å². The molecule has 0 bridgehead atoms. The van der Waals surface area contributed by atoms with E-state index < -0.39 is 16.7 Å². The second-order valence-corrected chi connectivity index (χ2v) is 6.13. The highest BCUT2D eigenvalue weighted by atomic mass is 79.9. The highest BCUT2D eigenvalue weighted by Gasteiger charge is 2.17. The van der Waals surface area contributed by atoms with E-state index in [2.05, 4.69) is 34.1 Å². The lowest BCUT2D eigenvalue weighted by Gasteiger charge is -2.16. The summed E-state index contributed by atoms with van der Waals surface area (Å²) >= 11 is 7.28. The van der Waals surface area contributed by atoms with Crippen molar-refractivity contribution in [2.45, 2.75) is 0 Å². The van der Waals surface area contributed by atoms with Crippen molar-refractivity contribution in [3.63, 3.8) is 0 Å². The Balaban J connectivity index is 2.01. The molecule has 0 fully saturated rings. The van der Waals surface area contributed by atoms with Gasteiger partial charge in [0.1, 0.15) is 0 Å². The van der Waals surface area contributed by atoms with Gasteiger partial charge in [0, 0.05) is 27.9 Å². The molecule has 0 heterocycles. The van der Waals surface area contributed by atoms with E-state index in [-0.39, 0.29) is 17.8 Å². The normalized spacial score (nSPS) is 10.1. The molecule has 1 N–H and O–H groups in total. The van der Waals surface area contributed by atoms with Crippen LogP contribution in [0.5, 0.6) is 0 Å². The van der Waals surface area contributed by atoms with Crippen molar-refractivity contribution in [2.24, 2.45) is 0 Å². The first-order chi connectivity index (χ1) is 11.4. The Bertz CT molecular complexity index is 800. The molecular formula is C15H12BrN3O4S. The van der Waals surface area contributed by atoms with Crippen molar-refractivity contribution in [2.75, 3.05) is 11.9 Å². The number of non-ortho nitro benzene ring substituents is 1. The minimum atomic E-state index is -0.588. The lowest BCUT2D eigenvalue weighted by Crippen LogP contribution is -2.31. The molecule has 0 spiro atoms. The minimum Gasteiger partial charge on any atom is -0.307 e. The summed E-state index contributed by atoms with van der Waals surface area (Å²) in [5.74, 6) is -0.460. The maximum Gasteiger partial charge on any atom is 0.332 e. The van der Waals surface area contributed by atoms with E-state index in [0.29, 0.717) is 5.69 Å². The molecule has 0 unspecified atom stereocenters. The number of urea groups is 1. The first-order valence-electron chi connectivity index (χ1n) is 6.67. The second kappa shape index (κ2) is 7.93. The van der Waals surface area contributed by atoms with Crippen LogP contribution in [0.2, 0.25) is 0 Å². The van der Waals surface area contributed by atoms with Gasteiger partial charge in [0.2, 0.25) is 0 Å². The molecular weight excluding hydrogens is 398 g/mol. The summed E-state index contributed by atoms with van der Waals surface area (Å²) in [7, 11) is 0. The Morgan fingerprint density at radius 3 is 2.58 bits per heavy atom. The number of anilines is 1. The SMILES string of the molecule is O=C(CN(S)C(=O)Nc1cccc(Br)c1)c1cccc([N+](=O)[O-])c1. The largest absolute Gasteiger partial charge is 0.332 e. The number of ketones is 1. The van der Waals surface area contributed by atoms with Crippen LogP contribution in [0.3, 0.4) is 0 Å². The van der Waals surface area contributed by atoms with Crippen molar-refractivity contribution in [1.82, 2.24) is 4.31 Å². The van der Waals surface area contributed by atoms with Crippen LogP contribution >= 0.6 is 28.7 Å². The maximum absolute atomic E-state index is 12.1. The van der Waals surface area contributed by atoms with Crippen molar-refractivity contribution in [3.8, 4) is 0 Å². The van der Waals surface area contributed by atoms with Crippen LogP contribution in [0.1, 0.15) is 10.4 Å². The predicted octanol–water partition coefficient (Wildman–Crippen LogP) is 3.92. The minimum absolute atomic E-state index is 0.138. The number of Topliss-reactive ketones (excluding diaryl/α,β-unsaturated/α-hetero) is 1. The molecule has 2 aromatic rings. The zero-order valence-corrected chi connectivity index (χ0v) is 14.7. The highest BCUT2D eigenvalue weighted by Crippen LogP contribution is 2.17. The number of rotatable bonds is 5. The fraction of sp³-hybridized carbons (Fsp3) is 0.0667. The number of carbonyl (C=O) groups is 2. The molecule has 0 radical (unpaired) electrons. The number of hydrogen-bond acceptors (Lipinski definition) is 5. The highest BCUT2D eigenvalue weighted by molar-refractivity contribution is 9.10. The van der Waals surface area contributed by atoms with Crippen molar-refractivity contribution in [3.05, 3.63) is 68.7 Å². The van der Waals surface area contributed by atoms with E-state index in [4.69, 9.17) is 0 Å². The molecule has 0 aliphatic rings. The van der Waals surface area contributed by atoms with E-state index in [1.165, 1.54) is 18.2 Å². The van der Waals surface area contributed by atoms with Gasteiger partial charge in [0.25, 0.3) is 5.69 Å². The first-order valence-corrected chi connectivity index (χ1v) is 7.87. The molecule has 24 heavy (non-hydrogen) atoms. The Labute approximate surface area is 151 Å². The lowest BCUT2D eigenvalue weighted by molar-refractivity contribution is -0.384. The summed E-state index contributed by atoms with van der Waals surface area (Å²) in [6.45, 7) is -0.329. The van der Waals surface area contributed by atoms with Crippen LogP contribution < -0.4 is 5.32 Å². The Morgan fingerprint density at radius 2 is 1.92 bits per heavy atom. The number of benzene rings is 2. The van der Waals surface area contributed by atoms with Gasteiger partial charge in [0.05, 0.1) is 11.5 Å². The number of thiol groups is 1. The average Bonchev–Trinajstić information content (AvgIpc) is 2.54. The van der Waals surface area contributed by atoms with Crippen molar-refractivity contribution in [1.29, 1.82) is 0 Å². The van der Waals surface area contributed by atoms with Gasteiger partial charge in [-0.1, -0.05) is 46.9 Å². The molecule has 0 aromatic heterocycles. The topological polar surface area (TPSA) is 92.6 Å². The standard InChI is InChI=1S/C15H12BrN3O4S/c16-11-4-2-5-12(8-11)17-15(21)18(24)9-14(20)10-3-1-6-13(7-10)19(22)23/h1-8,24H,9H2,(H,17,21). The van der Waals surface area contributed by atoms with Gasteiger partial charge in [-0.05, 0) is 18.2 Å². The molecule has 0 aliphatic carbocycles. The smallest absolute Gasteiger partial charge is 0.307 e. The fourth-order valence-electron chi connectivity index (χ4n) is 1.85. The zero-order valence-electron chi connectivity index (χ0n) is 12.2. The number of halogens is 1. The molecule has 0 saturated carbocycles. The van der Waals surface area contributed by atoms with Gasteiger partial charge in [-0.3, -0.25) is 19.2 Å². The number of nitrogens with one attached hydrogen (secondary N) is 1. The van der Waals surface area contributed by atoms with Crippen molar-refractivity contribution >= 4 is 51.9 Å². The number of nitro groups is 1. The van der Waals surface area contributed by atoms with E-state index in [0.717, 1.165) is 14.8 Å². The van der Waals surface area contributed by atoms with Crippen LogP contribution in [0.15, 0.2) is 53.0 Å². The Morgan fingerprint density at radius 1 is 1.21 bits per heavy atom. The van der Waals surface area contributed by atoms with Crippen LogP contribution in [0, 0.1) is 10.1 Å². The molecule has 0 saturated heterocycles. The average molecular weight is 410 g/mol. The van der Waals surface area contributed by atoms with Crippen LogP contribution in [0.4, 0.5) is 16.2 Å². The summed E-state index contributed by atoms with van der Waals surface area (Å²) in [5, 5.41) is 13.3. The summed E-state index contributed by atoms with van der Waals surface area (Å²) in [5.41, 5.74) is 0.486. The molecule has 2 rings (SSSR count). The van der Waals surface area contributed by atoms with E-state index in [1.807, 2.05) is 0 Å². The number of hydrogen-bond donors (Lipinski definition) is 2. The van der Waals surface area contributed by atoms with Crippen molar-refractivity contribution < 1.29 is 14.5 Å². The third-order valence-corrected chi connectivity index (χ3v) is 3.80. The molecule has 2 aromatic carbocycles. The molecule has 2 amide bonds. The molecule has 124 valence electrons. The maximum atomic E-state index is 12.1. The predicted molar refractivity (Wildman–Crippen MR) is 96.3 cm³/mol. The zero-order chi connectivity index (χ0) is 17.7. The third kappa shape index (κ3) is 4.80. The van der Waals surface area contributed by atoms with Gasteiger partial charge in [0.15, 0.2) is 5.78 Å². The summed E-state index contributed by atoms with van der Waals surface area (Å²) in [6, 6.07) is 11.7. The van der Waals surface area contributed by atoms with Gasteiger partial charge in [-0.2, -0.15) is 0 Å². The first kappa shape index (κ1) is 18.0. The monoisotopic (exact) mass is 409 g/mol. The van der Waals surface area contributed by atoms with Gasteiger partial charge < -0.3 is 5.32 Å². The summed E-state index contributed by atoms with van der Waals surface area (Å²) in [6.07, 6.45) is 0. The fourth-order valence-corrected chi connectivity index (χ4v) is 2.42. The number of nitrogens with zero attached hydrogens (tertiary/aromatic N) is 2. The molecule has 9 heteroatoms. The third-order valence-electron chi connectivity index (χ3n) is 2.98. The van der Waals surface area contributed by atoms with Crippen LogP contribution in [-0.2, 0) is 0 Å². The van der Waals surface area contributed by atoms with Gasteiger partial charge >= 0.3 is 6.03 Å². The number of carbonyl (C=O) groups excluding carboxylic acids is 2.